The van der Waals surface area contributed by atoms with Gasteiger partial charge < -0.3 is 13.9 Å². The van der Waals surface area contributed by atoms with Gasteiger partial charge in [-0.25, -0.2) is 9.18 Å². The molecule has 0 amide bonds. The largest absolute Gasteiger partial charge is 0.497 e. The van der Waals surface area contributed by atoms with E-state index in [1.54, 1.807) is 26.2 Å². The Bertz CT molecular complexity index is 951. The number of methoxy groups -OCH3 is 1. The van der Waals surface area contributed by atoms with Crippen molar-refractivity contribution in [2.24, 2.45) is 0 Å². The molecule has 0 N–H and O–H groups in total. The average Bonchev–Trinajstić information content (AvgIpc) is 3.17. The Morgan fingerprint density at radius 2 is 1.96 bits per heavy atom. The van der Waals surface area contributed by atoms with Gasteiger partial charge in [0.05, 0.1) is 7.11 Å². The number of rotatable bonds is 6. The SMILES string of the molecule is COc1cccc(/C=C/C(=O)O[C@H](C)c2nnc(-c3ccc(F)cc3)o2)c1. The predicted octanol–water partition coefficient (Wildman–Crippen LogP) is 4.20. The Kier molecular flexibility index (Phi) is 5.61. The van der Waals surface area contributed by atoms with Crippen molar-refractivity contribution in [2.75, 3.05) is 7.11 Å². The summed E-state index contributed by atoms with van der Waals surface area (Å²) in [6.45, 7) is 1.62. The summed E-state index contributed by atoms with van der Waals surface area (Å²) in [6, 6.07) is 12.9. The molecule has 0 spiro atoms. The quantitative estimate of drug-likeness (QED) is 0.479. The number of esters is 1. The van der Waals surface area contributed by atoms with Crippen LogP contribution in [0.3, 0.4) is 0 Å². The minimum Gasteiger partial charge on any atom is -0.497 e. The van der Waals surface area contributed by atoms with E-state index >= 15 is 0 Å². The number of halogens is 1. The van der Waals surface area contributed by atoms with Crippen LogP contribution in [0, 0.1) is 5.82 Å². The van der Waals surface area contributed by atoms with Gasteiger partial charge >= 0.3 is 5.97 Å². The van der Waals surface area contributed by atoms with Crippen LogP contribution in [-0.4, -0.2) is 23.3 Å². The van der Waals surface area contributed by atoms with Crippen molar-refractivity contribution in [1.82, 2.24) is 10.2 Å². The van der Waals surface area contributed by atoms with E-state index in [0.717, 1.165) is 5.56 Å². The average molecular weight is 368 g/mol. The number of aromatic nitrogens is 2. The van der Waals surface area contributed by atoms with Gasteiger partial charge in [0.1, 0.15) is 11.6 Å². The molecule has 0 aliphatic rings. The van der Waals surface area contributed by atoms with Gasteiger partial charge in [0.2, 0.25) is 5.89 Å². The summed E-state index contributed by atoms with van der Waals surface area (Å²) in [7, 11) is 1.57. The normalized spacial score (nSPS) is 12.1. The predicted molar refractivity (Wildman–Crippen MR) is 96.2 cm³/mol. The highest BCUT2D eigenvalue weighted by Crippen LogP contribution is 2.22. The minimum atomic E-state index is -0.728. The van der Waals surface area contributed by atoms with Gasteiger partial charge in [-0.15, -0.1) is 10.2 Å². The molecule has 3 rings (SSSR count). The first-order chi connectivity index (χ1) is 13.0. The van der Waals surface area contributed by atoms with Crippen molar-refractivity contribution in [2.45, 2.75) is 13.0 Å². The smallest absolute Gasteiger partial charge is 0.331 e. The van der Waals surface area contributed by atoms with Gasteiger partial charge in [-0.2, -0.15) is 0 Å². The van der Waals surface area contributed by atoms with E-state index in [-0.39, 0.29) is 17.6 Å². The molecule has 1 atom stereocenters. The molecule has 7 heteroatoms. The molecule has 0 radical (unpaired) electrons. The lowest BCUT2D eigenvalue weighted by Gasteiger charge is -2.07. The molecule has 0 aliphatic carbocycles. The molecule has 1 aromatic heterocycles. The van der Waals surface area contributed by atoms with Crippen LogP contribution in [0.2, 0.25) is 0 Å². The first-order valence-corrected chi connectivity index (χ1v) is 8.17. The Morgan fingerprint density at radius 1 is 1.19 bits per heavy atom. The maximum absolute atomic E-state index is 13.0. The summed E-state index contributed by atoms with van der Waals surface area (Å²) in [6.07, 6.45) is 2.20. The number of benzene rings is 2. The fourth-order valence-corrected chi connectivity index (χ4v) is 2.28. The zero-order valence-corrected chi connectivity index (χ0v) is 14.8. The van der Waals surface area contributed by atoms with Crippen molar-refractivity contribution < 1.29 is 23.1 Å². The van der Waals surface area contributed by atoms with E-state index in [1.807, 2.05) is 18.2 Å². The molecule has 0 bridgehead atoms. The Labute approximate surface area is 155 Å². The molecule has 0 fully saturated rings. The summed E-state index contributed by atoms with van der Waals surface area (Å²) in [5.74, 6) is 0.158. The van der Waals surface area contributed by atoms with Crippen molar-refractivity contribution >= 4 is 12.0 Å². The Hall–Kier alpha value is -3.48. The Morgan fingerprint density at radius 3 is 2.70 bits per heavy atom. The van der Waals surface area contributed by atoms with Crippen LogP contribution in [0.5, 0.6) is 5.75 Å². The highest BCUT2D eigenvalue weighted by Gasteiger charge is 2.18. The van der Waals surface area contributed by atoms with E-state index in [9.17, 15) is 9.18 Å². The zero-order valence-electron chi connectivity index (χ0n) is 14.8. The van der Waals surface area contributed by atoms with Gasteiger partial charge in [0.25, 0.3) is 5.89 Å². The monoisotopic (exact) mass is 368 g/mol. The maximum Gasteiger partial charge on any atom is 0.331 e. The second-order valence-corrected chi connectivity index (χ2v) is 5.64. The molecule has 0 unspecified atom stereocenters. The molecule has 0 saturated carbocycles. The van der Waals surface area contributed by atoms with Gasteiger partial charge in [-0.05, 0) is 55.0 Å². The summed E-state index contributed by atoms with van der Waals surface area (Å²) in [4.78, 5) is 12.0. The zero-order chi connectivity index (χ0) is 19.2. The fraction of sp³-hybridized carbons (Fsp3) is 0.150. The number of ether oxygens (including phenoxy) is 2. The van der Waals surface area contributed by atoms with E-state index in [0.29, 0.717) is 11.3 Å². The summed E-state index contributed by atoms with van der Waals surface area (Å²) in [5.41, 5.74) is 1.38. The van der Waals surface area contributed by atoms with Crippen LogP contribution < -0.4 is 4.74 Å². The molecule has 6 nitrogen and oxygen atoms in total. The molecule has 0 aliphatic heterocycles. The molecule has 138 valence electrons. The third-order valence-corrected chi connectivity index (χ3v) is 3.68. The highest BCUT2D eigenvalue weighted by atomic mass is 19.1. The van der Waals surface area contributed by atoms with Gasteiger partial charge in [-0.1, -0.05) is 12.1 Å². The first-order valence-electron chi connectivity index (χ1n) is 8.17. The number of hydrogen-bond donors (Lipinski definition) is 0. The third kappa shape index (κ3) is 4.78. The van der Waals surface area contributed by atoms with Crippen molar-refractivity contribution in [3.63, 3.8) is 0 Å². The van der Waals surface area contributed by atoms with Crippen LogP contribution in [0.4, 0.5) is 4.39 Å². The summed E-state index contributed by atoms with van der Waals surface area (Å²) in [5, 5.41) is 7.78. The maximum atomic E-state index is 13.0. The van der Waals surface area contributed by atoms with Gasteiger partial charge in [0, 0.05) is 11.6 Å². The Balaban J connectivity index is 1.63. The van der Waals surface area contributed by atoms with E-state index in [2.05, 4.69) is 10.2 Å². The fourth-order valence-electron chi connectivity index (χ4n) is 2.28. The van der Waals surface area contributed by atoms with Crippen molar-refractivity contribution in [3.05, 3.63) is 71.9 Å². The minimum absolute atomic E-state index is 0.150. The second kappa shape index (κ2) is 8.27. The van der Waals surface area contributed by atoms with Crippen molar-refractivity contribution in [1.29, 1.82) is 0 Å². The highest BCUT2D eigenvalue weighted by molar-refractivity contribution is 5.87. The molecule has 2 aromatic carbocycles. The standard InChI is InChI=1S/C20H17FN2O4/c1-13(19-22-23-20(27-19)15-7-9-16(21)10-8-15)26-18(24)11-6-14-4-3-5-17(12-14)25-2/h3-13H,1-2H3/b11-6+/t13-/m1/s1. The van der Waals surface area contributed by atoms with Crippen LogP contribution in [0.1, 0.15) is 24.5 Å². The number of carbonyl (C=O) groups is 1. The molecular weight excluding hydrogens is 351 g/mol. The molecule has 1 heterocycles. The number of hydrogen-bond acceptors (Lipinski definition) is 6. The van der Waals surface area contributed by atoms with Gasteiger partial charge in [0.15, 0.2) is 6.10 Å². The van der Waals surface area contributed by atoms with E-state index < -0.39 is 12.1 Å². The molecule has 27 heavy (non-hydrogen) atoms. The van der Waals surface area contributed by atoms with Gasteiger partial charge in [-0.3, -0.25) is 0 Å². The van der Waals surface area contributed by atoms with E-state index in [4.69, 9.17) is 13.9 Å². The second-order valence-electron chi connectivity index (χ2n) is 5.64. The topological polar surface area (TPSA) is 74.5 Å². The number of carbonyl (C=O) groups excluding carboxylic acids is 1. The lowest BCUT2D eigenvalue weighted by Crippen LogP contribution is -2.06. The van der Waals surface area contributed by atoms with Crippen LogP contribution in [0.25, 0.3) is 17.5 Å². The van der Waals surface area contributed by atoms with Crippen LogP contribution in [0.15, 0.2) is 59.0 Å². The van der Waals surface area contributed by atoms with Crippen molar-refractivity contribution in [3.8, 4) is 17.2 Å². The third-order valence-electron chi connectivity index (χ3n) is 3.68. The lowest BCUT2D eigenvalue weighted by molar-refractivity contribution is -0.143. The van der Waals surface area contributed by atoms with Crippen LogP contribution in [-0.2, 0) is 9.53 Å². The molecule has 3 aromatic rings. The molecular formula is C20H17FN2O4. The lowest BCUT2D eigenvalue weighted by atomic mass is 10.2. The van der Waals surface area contributed by atoms with E-state index in [1.165, 1.54) is 30.3 Å². The summed E-state index contributed by atoms with van der Waals surface area (Å²) < 4.78 is 28.9. The summed E-state index contributed by atoms with van der Waals surface area (Å²) >= 11 is 0. The van der Waals surface area contributed by atoms with Crippen LogP contribution >= 0.6 is 0 Å². The first kappa shape index (κ1) is 18.3. The molecule has 0 saturated heterocycles. The number of nitrogens with zero attached hydrogens (tertiary/aromatic N) is 2.